The molecule has 2 rings (SSSR count). The Balaban J connectivity index is 2.67. The molecule has 0 saturated heterocycles. The summed E-state index contributed by atoms with van der Waals surface area (Å²) in [4.78, 5) is 11.0. The van der Waals surface area contributed by atoms with E-state index in [4.69, 9.17) is 5.14 Å². The zero-order chi connectivity index (χ0) is 10.3. The Bertz CT molecular complexity index is 507. The number of nitrogens with one attached hydrogen (secondary N) is 1. The monoisotopic (exact) mass is 212 g/mol. The van der Waals surface area contributed by atoms with Gasteiger partial charge in [-0.05, 0) is 11.6 Å². The fraction of sp³-hybridized carbons (Fsp3) is 0.125. The smallest absolute Gasteiger partial charge is 0.240 e. The highest BCUT2D eigenvalue weighted by atomic mass is 32.2. The molecule has 74 valence electrons. The van der Waals surface area contributed by atoms with Crippen molar-refractivity contribution in [2.24, 2.45) is 5.14 Å². The predicted molar refractivity (Wildman–Crippen MR) is 50.1 cm³/mol. The van der Waals surface area contributed by atoms with Gasteiger partial charge in [-0.1, -0.05) is 12.1 Å². The Morgan fingerprint density at radius 1 is 1.36 bits per heavy atom. The third-order valence-corrected chi connectivity index (χ3v) is 2.99. The Morgan fingerprint density at radius 3 is 2.71 bits per heavy atom. The van der Waals surface area contributed by atoms with E-state index in [1.165, 1.54) is 6.07 Å². The van der Waals surface area contributed by atoms with E-state index in [2.05, 4.69) is 5.32 Å². The van der Waals surface area contributed by atoms with Crippen LogP contribution in [0.1, 0.15) is 5.56 Å². The van der Waals surface area contributed by atoms with Crippen LogP contribution in [0, 0.1) is 0 Å². The van der Waals surface area contributed by atoms with Crippen molar-refractivity contribution in [3.05, 3.63) is 23.8 Å². The van der Waals surface area contributed by atoms with Crippen molar-refractivity contribution >= 4 is 21.6 Å². The molecule has 0 spiro atoms. The number of nitrogens with two attached hydrogens (primary N) is 1. The Kier molecular flexibility index (Phi) is 1.83. The second kappa shape index (κ2) is 2.79. The molecule has 3 N–H and O–H groups in total. The maximum absolute atomic E-state index is 11.1. The van der Waals surface area contributed by atoms with Crippen LogP contribution in [-0.4, -0.2) is 14.3 Å². The number of primary sulfonamides is 1. The molecule has 0 saturated carbocycles. The summed E-state index contributed by atoms with van der Waals surface area (Å²) in [7, 11) is -3.77. The second-order valence-corrected chi connectivity index (χ2v) is 4.59. The first-order valence-electron chi connectivity index (χ1n) is 3.93. The number of carbonyl (C=O) groups excluding carboxylic acids is 1. The minimum absolute atomic E-state index is 0.0270. The highest BCUT2D eigenvalue weighted by molar-refractivity contribution is 7.89. The van der Waals surface area contributed by atoms with Gasteiger partial charge < -0.3 is 5.32 Å². The first kappa shape index (κ1) is 9.17. The molecule has 0 fully saturated rings. The van der Waals surface area contributed by atoms with Crippen molar-refractivity contribution < 1.29 is 13.2 Å². The Hall–Kier alpha value is -1.40. The normalized spacial score (nSPS) is 15.1. The molecule has 1 aliphatic heterocycles. The number of anilines is 1. The zero-order valence-electron chi connectivity index (χ0n) is 7.15. The summed E-state index contributed by atoms with van der Waals surface area (Å²) < 4.78 is 22.3. The fourth-order valence-corrected chi connectivity index (χ4v) is 2.19. The van der Waals surface area contributed by atoms with Crippen molar-refractivity contribution in [1.82, 2.24) is 0 Å². The lowest BCUT2D eigenvalue weighted by molar-refractivity contribution is -0.115. The first-order valence-corrected chi connectivity index (χ1v) is 5.47. The number of benzene rings is 1. The van der Waals surface area contributed by atoms with E-state index in [9.17, 15) is 13.2 Å². The van der Waals surface area contributed by atoms with Gasteiger partial charge >= 0.3 is 0 Å². The first-order chi connectivity index (χ1) is 6.48. The molecule has 6 heteroatoms. The largest absolute Gasteiger partial charge is 0.324 e. The van der Waals surface area contributed by atoms with Crippen LogP contribution in [-0.2, 0) is 21.2 Å². The number of hydrogen-bond acceptors (Lipinski definition) is 3. The average molecular weight is 212 g/mol. The molecule has 0 unspecified atom stereocenters. The van der Waals surface area contributed by atoms with Crippen LogP contribution in [0.25, 0.3) is 0 Å². The van der Waals surface area contributed by atoms with Gasteiger partial charge in [-0.15, -0.1) is 0 Å². The minimum Gasteiger partial charge on any atom is -0.324 e. The van der Waals surface area contributed by atoms with Gasteiger partial charge in [0, 0.05) is 0 Å². The van der Waals surface area contributed by atoms with Crippen molar-refractivity contribution in [3.8, 4) is 0 Å². The molecule has 1 aliphatic rings. The highest BCUT2D eigenvalue weighted by Gasteiger charge is 2.24. The van der Waals surface area contributed by atoms with Gasteiger partial charge in [-0.25, -0.2) is 13.6 Å². The summed E-state index contributed by atoms with van der Waals surface area (Å²) in [5.74, 6) is -0.212. The number of carbonyl (C=O) groups is 1. The number of sulfonamides is 1. The summed E-state index contributed by atoms with van der Waals surface area (Å²) in [6.45, 7) is 0. The molecule has 1 aromatic rings. The van der Waals surface area contributed by atoms with E-state index >= 15 is 0 Å². The number of fused-ring (bicyclic) bond motifs is 1. The van der Waals surface area contributed by atoms with Crippen LogP contribution in [0.3, 0.4) is 0 Å². The van der Waals surface area contributed by atoms with Crippen molar-refractivity contribution in [3.63, 3.8) is 0 Å². The van der Waals surface area contributed by atoms with E-state index < -0.39 is 10.0 Å². The molecule has 0 bridgehead atoms. The zero-order valence-corrected chi connectivity index (χ0v) is 7.97. The molecule has 5 nitrogen and oxygen atoms in total. The van der Waals surface area contributed by atoms with Crippen molar-refractivity contribution in [1.29, 1.82) is 0 Å². The van der Waals surface area contributed by atoms with Crippen LogP contribution in [0.2, 0.25) is 0 Å². The van der Waals surface area contributed by atoms with E-state index in [1.807, 2.05) is 0 Å². The SMILES string of the molecule is NS(=O)(=O)c1cccc2c1NC(=O)C2. The van der Waals surface area contributed by atoms with Crippen molar-refractivity contribution in [2.45, 2.75) is 11.3 Å². The number of hydrogen-bond donors (Lipinski definition) is 2. The summed E-state index contributed by atoms with van der Waals surface area (Å²) in [6.07, 6.45) is 0.207. The lowest BCUT2D eigenvalue weighted by Gasteiger charge is -2.04. The summed E-state index contributed by atoms with van der Waals surface area (Å²) in [5, 5.41) is 7.47. The summed E-state index contributed by atoms with van der Waals surface area (Å²) in [5.41, 5.74) is 0.988. The van der Waals surface area contributed by atoms with Crippen LogP contribution >= 0.6 is 0 Å². The van der Waals surface area contributed by atoms with Gasteiger partial charge in [0.15, 0.2) is 0 Å². The molecule has 1 aromatic carbocycles. The van der Waals surface area contributed by atoms with Crippen LogP contribution in [0.4, 0.5) is 5.69 Å². The Labute approximate surface area is 81.0 Å². The molecule has 0 aromatic heterocycles. The van der Waals surface area contributed by atoms with Gasteiger partial charge in [0.1, 0.15) is 4.90 Å². The van der Waals surface area contributed by atoms with Crippen molar-refractivity contribution in [2.75, 3.05) is 5.32 Å². The number of amides is 1. The minimum atomic E-state index is -3.77. The topological polar surface area (TPSA) is 89.3 Å². The number of rotatable bonds is 1. The predicted octanol–water partition coefficient (Wildman–Crippen LogP) is -0.171. The molecule has 1 heterocycles. The summed E-state index contributed by atoms with van der Waals surface area (Å²) >= 11 is 0. The van der Waals surface area contributed by atoms with Crippen LogP contribution in [0.15, 0.2) is 23.1 Å². The third kappa shape index (κ3) is 1.38. The molecular formula is C8H8N2O3S. The molecule has 0 atom stereocenters. The van der Waals surface area contributed by atoms with E-state index in [0.717, 1.165) is 0 Å². The van der Waals surface area contributed by atoms with Gasteiger partial charge in [0.25, 0.3) is 0 Å². The molecule has 0 radical (unpaired) electrons. The average Bonchev–Trinajstić information content (AvgIpc) is 2.41. The Morgan fingerprint density at radius 2 is 2.07 bits per heavy atom. The standard InChI is InChI=1S/C8H8N2O3S/c9-14(12,13)6-3-1-2-5-4-7(11)10-8(5)6/h1-3H,4H2,(H,10,11)(H2,9,12,13). The van der Waals surface area contributed by atoms with Gasteiger partial charge in [-0.2, -0.15) is 0 Å². The second-order valence-electron chi connectivity index (χ2n) is 3.06. The lowest BCUT2D eigenvalue weighted by Crippen LogP contribution is -2.14. The highest BCUT2D eigenvalue weighted by Crippen LogP contribution is 2.29. The maximum atomic E-state index is 11.1. The number of para-hydroxylation sites is 1. The van der Waals surface area contributed by atoms with Gasteiger partial charge in [0.05, 0.1) is 12.1 Å². The summed E-state index contributed by atoms with van der Waals surface area (Å²) in [6, 6.07) is 4.64. The van der Waals surface area contributed by atoms with Gasteiger partial charge in [0.2, 0.25) is 15.9 Å². The molecule has 14 heavy (non-hydrogen) atoms. The maximum Gasteiger partial charge on any atom is 0.240 e. The van der Waals surface area contributed by atoms with E-state index in [0.29, 0.717) is 11.3 Å². The van der Waals surface area contributed by atoms with Crippen LogP contribution < -0.4 is 10.5 Å². The molecule has 0 aliphatic carbocycles. The molecular weight excluding hydrogens is 204 g/mol. The fourth-order valence-electron chi connectivity index (χ4n) is 1.46. The third-order valence-electron chi connectivity index (χ3n) is 2.03. The van der Waals surface area contributed by atoms with Gasteiger partial charge in [-0.3, -0.25) is 4.79 Å². The quantitative estimate of drug-likeness (QED) is 0.677. The van der Waals surface area contributed by atoms with E-state index in [1.54, 1.807) is 12.1 Å². The van der Waals surface area contributed by atoms with E-state index in [-0.39, 0.29) is 17.2 Å². The van der Waals surface area contributed by atoms with Crippen LogP contribution in [0.5, 0.6) is 0 Å². The lowest BCUT2D eigenvalue weighted by atomic mass is 10.2. The molecule has 1 amide bonds.